The fourth-order valence-electron chi connectivity index (χ4n) is 0.620. The Hall–Kier alpha value is 0.400. The van der Waals surface area contributed by atoms with Crippen molar-refractivity contribution >= 4 is 19.2 Å². The zero-order valence-electron chi connectivity index (χ0n) is 7.11. The average molecular weight is 217 g/mol. The lowest BCUT2D eigenvalue weighted by Crippen LogP contribution is -2.11. The first-order chi connectivity index (χ1) is 5.41. The van der Waals surface area contributed by atoms with Crippen molar-refractivity contribution in [2.24, 2.45) is 5.92 Å². The van der Waals surface area contributed by atoms with E-state index >= 15 is 0 Å². The van der Waals surface area contributed by atoms with Crippen LogP contribution in [0.5, 0.6) is 0 Å². The van der Waals surface area contributed by atoms with Crippen molar-refractivity contribution in [3.63, 3.8) is 0 Å². The van der Waals surface area contributed by atoms with E-state index in [1.807, 2.05) is 0 Å². The maximum atomic E-state index is 11.2. The van der Waals surface area contributed by atoms with Crippen molar-refractivity contribution in [1.82, 2.24) is 0 Å². The van der Waals surface area contributed by atoms with Crippen LogP contribution in [-0.4, -0.2) is 28.3 Å². The Morgan fingerprint density at radius 3 is 2.42 bits per heavy atom. The predicted molar refractivity (Wildman–Crippen MR) is 47.3 cm³/mol. The molecule has 74 valence electrons. The Bertz CT molecular complexity index is 173. The summed E-state index contributed by atoms with van der Waals surface area (Å²) < 4.78 is 15.7. The molecule has 0 aromatic carbocycles. The molecule has 0 saturated heterocycles. The Kier molecular flexibility index (Phi) is 5.37. The van der Waals surface area contributed by atoms with Gasteiger partial charge in [-0.25, -0.2) is 0 Å². The molecule has 0 rings (SSSR count). The van der Waals surface area contributed by atoms with Gasteiger partial charge in [0.2, 0.25) is 0 Å². The van der Waals surface area contributed by atoms with Gasteiger partial charge in [-0.15, -0.1) is 11.6 Å². The third kappa shape index (κ3) is 3.87. The van der Waals surface area contributed by atoms with E-state index in [-0.39, 0.29) is 19.1 Å². The number of halogens is 1. The van der Waals surface area contributed by atoms with Gasteiger partial charge >= 0.3 is 7.60 Å². The molecule has 0 bridgehead atoms. The van der Waals surface area contributed by atoms with Crippen LogP contribution < -0.4 is 0 Å². The Morgan fingerprint density at radius 2 is 2.08 bits per heavy atom. The quantitative estimate of drug-likeness (QED) is 0.539. The van der Waals surface area contributed by atoms with E-state index in [1.165, 1.54) is 0 Å². The lowest BCUT2D eigenvalue weighted by Gasteiger charge is -2.19. The summed E-state index contributed by atoms with van der Waals surface area (Å²) in [6.45, 7) is 3.00. The molecule has 0 aromatic heterocycles. The van der Waals surface area contributed by atoms with E-state index in [4.69, 9.17) is 16.7 Å². The molecule has 2 atom stereocenters. The van der Waals surface area contributed by atoms with Crippen LogP contribution in [0.1, 0.15) is 13.8 Å². The summed E-state index contributed by atoms with van der Waals surface area (Å²) >= 11 is 5.62. The molecule has 0 aliphatic heterocycles. The van der Waals surface area contributed by atoms with Gasteiger partial charge in [-0.2, -0.15) is 0 Å². The molecule has 2 N–H and O–H groups in total. The van der Waals surface area contributed by atoms with Crippen LogP contribution >= 0.6 is 19.2 Å². The molecule has 0 aliphatic rings. The van der Waals surface area contributed by atoms with Gasteiger partial charge in [0.25, 0.3) is 0 Å². The van der Waals surface area contributed by atoms with Crippen molar-refractivity contribution in [3.8, 4) is 0 Å². The molecule has 0 radical (unpaired) electrons. The van der Waals surface area contributed by atoms with E-state index < -0.39 is 12.7 Å². The van der Waals surface area contributed by atoms with Crippen molar-refractivity contribution in [2.75, 3.05) is 13.2 Å². The van der Waals surface area contributed by atoms with Crippen molar-refractivity contribution in [1.29, 1.82) is 0 Å². The molecule has 0 aliphatic carbocycles. The third-order valence-corrected chi connectivity index (χ3v) is 4.25. The largest absolute Gasteiger partial charge is 0.394 e. The fraction of sp³-hybridized carbons (Fsp3) is 1.00. The van der Waals surface area contributed by atoms with Crippen LogP contribution in [-0.2, 0) is 9.09 Å². The summed E-state index contributed by atoms with van der Waals surface area (Å²) in [7, 11) is -3.75. The van der Waals surface area contributed by atoms with Gasteiger partial charge in [-0.3, -0.25) is 4.57 Å². The Morgan fingerprint density at radius 1 is 1.58 bits per heavy atom. The summed E-state index contributed by atoms with van der Waals surface area (Å²) in [5.74, 6) is -0.138. The van der Waals surface area contributed by atoms with Crippen LogP contribution in [0.15, 0.2) is 0 Å². The van der Waals surface area contributed by atoms with Gasteiger partial charge in [0, 0.05) is 0 Å². The lowest BCUT2D eigenvalue weighted by molar-refractivity contribution is 0.180. The molecular weight excluding hydrogens is 202 g/mol. The van der Waals surface area contributed by atoms with E-state index in [2.05, 4.69) is 4.52 Å². The molecule has 2 unspecified atom stereocenters. The monoisotopic (exact) mass is 216 g/mol. The number of hydrogen-bond donors (Lipinski definition) is 2. The smallest absolute Gasteiger partial charge is 0.346 e. The van der Waals surface area contributed by atoms with E-state index in [0.29, 0.717) is 0 Å². The minimum Gasteiger partial charge on any atom is -0.394 e. The zero-order chi connectivity index (χ0) is 9.78. The second kappa shape index (κ2) is 5.20. The van der Waals surface area contributed by atoms with E-state index in [0.717, 1.165) is 0 Å². The van der Waals surface area contributed by atoms with Gasteiger partial charge in [-0.05, 0) is 5.92 Å². The summed E-state index contributed by atoms with van der Waals surface area (Å²) in [4.78, 5) is 9.17. The molecule has 12 heavy (non-hydrogen) atoms. The molecule has 0 spiro atoms. The van der Waals surface area contributed by atoms with E-state index in [9.17, 15) is 9.46 Å². The SMILES string of the molecule is CC(C)C(Cl)P(=O)(O)OCCO. The second-order valence-corrected chi connectivity index (χ2v) is 5.45. The van der Waals surface area contributed by atoms with Gasteiger partial charge in [0.05, 0.1) is 13.2 Å². The summed E-state index contributed by atoms with van der Waals surface area (Å²) in [6, 6.07) is 0. The van der Waals surface area contributed by atoms with Gasteiger partial charge in [0.15, 0.2) is 0 Å². The molecule has 6 heteroatoms. The standard InChI is InChI=1S/C6H14ClO4P/c1-5(2)6(7)12(9,10)11-4-3-8/h5-6,8H,3-4H2,1-2H3,(H,9,10). The maximum Gasteiger partial charge on any atom is 0.346 e. The minimum absolute atomic E-state index is 0.138. The highest BCUT2D eigenvalue weighted by atomic mass is 35.5. The van der Waals surface area contributed by atoms with Crippen molar-refractivity contribution < 1.29 is 19.1 Å². The van der Waals surface area contributed by atoms with Gasteiger partial charge < -0.3 is 14.5 Å². The minimum atomic E-state index is -3.75. The highest BCUT2D eigenvalue weighted by molar-refractivity contribution is 7.55. The zero-order valence-corrected chi connectivity index (χ0v) is 8.76. The highest BCUT2D eigenvalue weighted by Crippen LogP contribution is 2.52. The topological polar surface area (TPSA) is 66.8 Å². The second-order valence-electron chi connectivity index (χ2n) is 2.74. The van der Waals surface area contributed by atoms with Crippen molar-refractivity contribution in [2.45, 2.75) is 19.0 Å². The third-order valence-electron chi connectivity index (χ3n) is 1.23. The number of alkyl halides is 1. The van der Waals surface area contributed by atoms with E-state index in [1.54, 1.807) is 13.8 Å². The van der Waals surface area contributed by atoms with Gasteiger partial charge in [-0.1, -0.05) is 13.8 Å². The fourth-order valence-corrected chi connectivity index (χ4v) is 2.03. The summed E-state index contributed by atoms with van der Waals surface area (Å²) in [6.07, 6.45) is 0. The predicted octanol–water partition coefficient (Wildman–Crippen LogP) is 1.40. The number of rotatable bonds is 5. The van der Waals surface area contributed by atoms with Crippen LogP contribution in [0.3, 0.4) is 0 Å². The van der Waals surface area contributed by atoms with Crippen LogP contribution in [0.2, 0.25) is 0 Å². The molecular formula is C6H14ClO4P. The van der Waals surface area contributed by atoms with Gasteiger partial charge in [0.1, 0.15) is 5.12 Å². The van der Waals surface area contributed by atoms with Crippen LogP contribution in [0.25, 0.3) is 0 Å². The first-order valence-electron chi connectivity index (χ1n) is 3.63. The molecule has 0 amide bonds. The summed E-state index contributed by atoms with van der Waals surface area (Å²) in [5, 5.41) is 7.44. The van der Waals surface area contributed by atoms with Crippen molar-refractivity contribution in [3.05, 3.63) is 0 Å². The Labute approximate surface area is 77.0 Å². The highest BCUT2D eigenvalue weighted by Gasteiger charge is 2.32. The normalized spacial score (nSPS) is 19.2. The lowest BCUT2D eigenvalue weighted by atomic mass is 10.3. The first-order valence-corrected chi connectivity index (χ1v) is 5.72. The number of hydrogen-bond acceptors (Lipinski definition) is 3. The number of aliphatic hydroxyl groups is 1. The average Bonchev–Trinajstić information content (AvgIpc) is 1.99. The first kappa shape index (κ1) is 12.4. The number of aliphatic hydroxyl groups excluding tert-OH is 1. The molecule has 0 fully saturated rings. The van der Waals surface area contributed by atoms with Crippen LogP contribution in [0.4, 0.5) is 0 Å². The molecule has 0 heterocycles. The Balaban J connectivity index is 4.10. The molecule has 0 saturated carbocycles. The summed E-state index contributed by atoms with van der Waals surface area (Å²) in [5.41, 5.74) is 0. The molecule has 4 nitrogen and oxygen atoms in total. The van der Waals surface area contributed by atoms with Crippen LogP contribution in [0, 0.1) is 5.92 Å². The maximum absolute atomic E-state index is 11.2. The molecule has 0 aromatic rings.